The van der Waals surface area contributed by atoms with E-state index in [0.717, 1.165) is 12.1 Å². The number of nitrogens with zero attached hydrogens (tertiary/aromatic N) is 1. The maximum atomic E-state index is 12.0. The van der Waals surface area contributed by atoms with Crippen LogP contribution in [0.4, 0.5) is 5.69 Å². The van der Waals surface area contributed by atoms with Gasteiger partial charge in [-0.3, -0.25) is 9.69 Å². The van der Waals surface area contributed by atoms with Crippen LogP contribution in [-0.4, -0.2) is 50.4 Å². The van der Waals surface area contributed by atoms with Crippen molar-refractivity contribution in [3.63, 3.8) is 0 Å². The van der Waals surface area contributed by atoms with Crippen LogP contribution in [0.15, 0.2) is 24.3 Å². The first-order valence-electron chi connectivity index (χ1n) is 7.19. The van der Waals surface area contributed by atoms with E-state index in [1.54, 1.807) is 7.05 Å². The molecule has 0 bridgehead atoms. The summed E-state index contributed by atoms with van der Waals surface area (Å²) in [5.74, 6) is 0.260. The molecular formula is C15H22N2O3S. The first-order valence-corrected chi connectivity index (χ1v) is 9.01. The third kappa shape index (κ3) is 4.54. The van der Waals surface area contributed by atoms with Crippen molar-refractivity contribution in [2.45, 2.75) is 25.8 Å². The Morgan fingerprint density at radius 3 is 2.52 bits per heavy atom. The number of amides is 1. The topological polar surface area (TPSA) is 66.5 Å². The molecule has 1 aliphatic heterocycles. The molecule has 116 valence electrons. The fourth-order valence-corrected chi connectivity index (χ4v) is 4.31. The minimum absolute atomic E-state index is 0.0526. The molecule has 1 N–H and O–H groups in total. The van der Waals surface area contributed by atoms with Crippen molar-refractivity contribution in [3.05, 3.63) is 29.8 Å². The summed E-state index contributed by atoms with van der Waals surface area (Å²) in [6.07, 6.45) is 1.57. The number of hydrogen-bond acceptors (Lipinski definition) is 4. The average molecular weight is 310 g/mol. The van der Waals surface area contributed by atoms with Gasteiger partial charge in [-0.2, -0.15) is 0 Å². The molecule has 1 fully saturated rings. The molecule has 1 aliphatic rings. The molecule has 6 heteroatoms. The molecule has 1 unspecified atom stereocenters. The highest BCUT2D eigenvalue weighted by Gasteiger charge is 2.31. The van der Waals surface area contributed by atoms with Crippen LogP contribution in [0.1, 0.15) is 18.9 Å². The number of benzene rings is 1. The van der Waals surface area contributed by atoms with Crippen molar-refractivity contribution in [1.82, 2.24) is 4.90 Å². The Hall–Kier alpha value is -1.40. The van der Waals surface area contributed by atoms with E-state index < -0.39 is 9.84 Å². The lowest BCUT2D eigenvalue weighted by atomic mass is 10.1. The van der Waals surface area contributed by atoms with Gasteiger partial charge in [0.15, 0.2) is 9.84 Å². The molecule has 1 atom stereocenters. The van der Waals surface area contributed by atoms with Gasteiger partial charge in [0, 0.05) is 11.7 Å². The number of anilines is 1. The molecule has 1 aromatic rings. The molecule has 0 radical (unpaired) electrons. The largest absolute Gasteiger partial charge is 0.325 e. The van der Waals surface area contributed by atoms with Crippen molar-refractivity contribution in [2.24, 2.45) is 0 Å². The van der Waals surface area contributed by atoms with Crippen molar-refractivity contribution in [1.29, 1.82) is 0 Å². The van der Waals surface area contributed by atoms with Crippen LogP contribution in [0.2, 0.25) is 0 Å². The number of hydrogen-bond donors (Lipinski definition) is 1. The van der Waals surface area contributed by atoms with Gasteiger partial charge in [-0.05, 0) is 37.6 Å². The van der Waals surface area contributed by atoms with Gasteiger partial charge in [0.1, 0.15) is 0 Å². The first-order chi connectivity index (χ1) is 9.89. The zero-order valence-electron chi connectivity index (χ0n) is 12.5. The number of rotatable bonds is 5. The molecule has 0 aliphatic carbocycles. The fraction of sp³-hybridized carbons (Fsp3) is 0.533. The smallest absolute Gasteiger partial charge is 0.238 e. The molecule has 1 amide bonds. The summed E-state index contributed by atoms with van der Waals surface area (Å²) < 4.78 is 22.9. The highest BCUT2D eigenvalue weighted by Crippen LogP contribution is 2.16. The van der Waals surface area contributed by atoms with E-state index in [1.165, 1.54) is 5.56 Å². The van der Waals surface area contributed by atoms with Crippen molar-refractivity contribution in [3.8, 4) is 0 Å². The number of likely N-dealkylation sites (N-methyl/N-ethyl adjacent to an activating group) is 1. The molecule has 1 heterocycles. The van der Waals surface area contributed by atoms with Crippen LogP contribution in [0.25, 0.3) is 0 Å². The summed E-state index contributed by atoms with van der Waals surface area (Å²) in [7, 11) is -1.12. The van der Waals surface area contributed by atoms with E-state index in [2.05, 4.69) is 12.2 Å². The monoisotopic (exact) mass is 310 g/mol. The Balaban J connectivity index is 1.86. The summed E-state index contributed by atoms with van der Waals surface area (Å²) in [5, 5.41) is 2.84. The average Bonchev–Trinajstić information content (AvgIpc) is 2.80. The highest BCUT2D eigenvalue weighted by atomic mass is 32.2. The minimum atomic E-state index is -2.92. The number of aryl methyl sites for hydroxylation is 1. The maximum absolute atomic E-state index is 12.0. The summed E-state index contributed by atoms with van der Waals surface area (Å²) in [4.78, 5) is 13.8. The molecule has 1 aromatic carbocycles. The van der Waals surface area contributed by atoms with Crippen LogP contribution < -0.4 is 5.32 Å². The molecular weight excluding hydrogens is 288 g/mol. The number of carbonyl (C=O) groups excluding carboxylic acids is 1. The van der Waals surface area contributed by atoms with Gasteiger partial charge in [-0.1, -0.05) is 19.1 Å². The van der Waals surface area contributed by atoms with Gasteiger partial charge in [0.05, 0.1) is 18.1 Å². The van der Waals surface area contributed by atoms with E-state index in [-0.39, 0.29) is 30.0 Å². The lowest BCUT2D eigenvalue weighted by Crippen LogP contribution is -2.38. The van der Waals surface area contributed by atoms with Gasteiger partial charge in [-0.15, -0.1) is 0 Å². The quantitative estimate of drug-likeness (QED) is 0.890. The molecule has 1 saturated heterocycles. The zero-order valence-corrected chi connectivity index (χ0v) is 13.3. The standard InChI is InChI=1S/C15H22N2O3S/c1-3-12-4-6-13(7-5-12)16-15(18)10-17(2)14-8-9-21(19,20)11-14/h4-7,14H,3,8-11H2,1-2H3,(H,16,18). The summed E-state index contributed by atoms with van der Waals surface area (Å²) in [6.45, 7) is 2.29. The van der Waals surface area contributed by atoms with Crippen LogP contribution in [0.3, 0.4) is 0 Å². The van der Waals surface area contributed by atoms with Crippen molar-refractivity contribution >= 4 is 21.4 Å². The Morgan fingerprint density at radius 2 is 2.00 bits per heavy atom. The van der Waals surface area contributed by atoms with E-state index >= 15 is 0 Å². The normalized spacial score (nSPS) is 20.6. The summed E-state index contributed by atoms with van der Waals surface area (Å²) >= 11 is 0. The Kier molecular flexibility index (Phi) is 5.00. The van der Waals surface area contributed by atoms with Crippen LogP contribution in [0, 0.1) is 0 Å². The molecule has 2 rings (SSSR count). The lowest BCUT2D eigenvalue weighted by molar-refractivity contribution is -0.117. The predicted octanol–water partition coefficient (Wildman–Crippen LogP) is 1.31. The lowest BCUT2D eigenvalue weighted by Gasteiger charge is -2.22. The molecule has 0 saturated carbocycles. The van der Waals surface area contributed by atoms with Gasteiger partial charge in [-0.25, -0.2) is 8.42 Å². The number of carbonyl (C=O) groups is 1. The highest BCUT2D eigenvalue weighted by molar-refractivity contribution is 7.91. The van der Waals surface area contributed by atoms with Gasteiger partial charge in [0.25, 0.3) is 0 Å². The molecule has 0 aromatic heterocycles. The van der Waals surface area contributed by atoms with Gasteiger partial charge in [0.2, 0.25) is 5.91 Å². The SMILES string of the molecule is CCc1ccc(NC(=O)CN(C)C2CCS(=O)(=O)C2)cc1. The Bertz CT molecular complexity index is 596. The third-order valence-corrected chi connectivity index (χ3v) is 5.62. The summed E-state index contributed by atoms with van der Waals surface area (Å²) in [5.41, 5.74) is 1.99. The Labute approximate surface area is 126 Å². The van der Waals surface area contributed by atoms with E-state index in [0.29, 0.717) is 6.42 Å². The second kappa shape index (κ2) is 6.58. The van der Waals surface area contributed by atoms with E-state index in [9.17, 15) is 13.2 Å². The second-order valence-electron chi connectivity index (χ2n) is 5.57. The second-order valence-corrected chi connectivity index (χ2v) is 7.80. The fourth-order valence-electron chi connectivity index (χ4n) is 2.50. The van der Waals surface area contributed by atoms with Crippen LogP contribution >= 0.6 is 0 Å². The van der Waals surface area contributed by atoms with Crippen LogP contribution in [-0.2, 0) is 21.1 Å². The van der Waals surface area contributed by atoms with Gasteiger partial charge >= 0.3 is 0 Å². The molecule has 21 heavy (non-hydrogen) atoms. The molecule has 5 nitrogen and oxygen atoms in total. The summed E-state index contributed by atoms with van der Waals surface area (Å²) in [6, 6.07) is 7.70. The van der Waals surface area contributed by atoms with Crippen molar-refractivity contribution < 1.29 is 13.2 Å². The maximum Gasteiger partial charge on any atom is 0.238 e. The van der Waals surface area contributed by atoms with E-state index in [4.69, 9.17) is 0 Å². The number of nitrogens with one attached hydrogen (secondary N) is 1. The first kappa shape index (κ1) is 16.0. The Morgan fingerprint density at radius 1 is 1.33 bits per heavy atom. The minimum Gasteiger partial charge on any atom is -0.325 e. The van der Waals surface area contributed by atoms with E-state index in [1.807, 2.05) is 29.2 Å². The zero-order chi connectivity index (χ0) is 15.5. The predicted molar refractivity (Wildman–Crippen MR) is 84.1 cm³/mol. The third-order valence-electron chi connectivity index (χ3n) is 3.87. The number of sulfone groups is 1. The van der Waals surface area contributed by atoms with Crippen molar-refractivity contribution in [2.75, 3.05) is 30.4 Å². The molecule has 0 spiro atoms. The van der Waals surface area contributed by atoms with Crippen LogP contribution in [0.5, 0.6) is 0 Å². The van der Waals surface area contributed by atoms with Gasteiger partial charge < -0.3 is 5.32 Å².